The number of carboxylic acid groups (broad SMARTS) is 1. The topological polar surface area (TPSA) is 92.7 Å². The number of hydrogen-bond acceptors (Lipinski definition) is 4. The van der Waals surface area contributed by atoms with Crippen molar-refractivity contribution in [2.24, 2.45) is 0 Å². The van der Waals surface area contributed by atoms with E-state index in [1.165, 1.54) is 0 Å². The summed E-state index contributed by atoms with van der Waals surface area (Å²) in [6.07, 6.45) is 0.00259. The van der Waals surface area contributed by atoms with Crippen LogP contribution in [0.5, 0.6) is 0 Å². The molecule has 0 saturated carbocycles. The fraction of sp³-hybridized carbons (Fsp3) is 0.471. The summed E-state index contributed by atoms with van der Waals surface area (Å²) in [7, 11) is 0. The Balaban J connectivity index is 2.49. The lowest BCUT2D eigenvalue weighted by Crippen LogP contribution is -2.42. The van der Waals surface area contributed by atoms with E-state index in [0.29, 0.717) is 0 Å². The SMILES string of the molecule is CC(C)(C)OC(=O)CCC(=O)NC(Cc1ccccc1)C(=O)O. The van der Waals surface area contributed by atoms with Gasteiger partial charge in [-0.1, -0.05) is 30.3 Å². The van der Waals surface area contributed by atoms with Crippen LogP contribution in [0.3, 0.4) is 0 Å². The molecule has 1 atom stereocenters. The fourth-order valence-corrected chi connectivity index (χ4v) is 1.92. The van der Waals surface area contributed by atoms with Crippen molar-refractivity contribution in [3.8, 4) is 0 Å². The van der Waals surface area contributed by atoms with Gasteiger partial charge in [0, 0.05) is 12.8 Å². The standard InChI is InChI=1S/C17H23NO5/c1-17(2,3)23-15(20)10-9-14(19)18-13(16(21)22)11-12-7-5-4-6-8-12/h4-8,13H,9-11H2,1-3H3,(H,18,19)(H,21,22). The molecule has 0 aliphatic carbocycles. The van der Waals surface area contributed by atoms with E-state index in [1.54, 1.807) is 45.0 Å². The lowest BCUT2D eigenvalue weighted by molar-refractivity contribution is -0.155. The van der Waals surface area contributed by atoms with Crippen LogP contribution in [0.25, 0.3) is 0 Å². The van der Waals surface area contributed by atoms with E-state index in [9.17, 15) is 19.5 Å². The number of nitrogens with one attached hydrogen (secondary N) is 1. The number of benzene rings is 1. The Hall–Kier alpha value is -2.37. The predicted molar refractivity (Wildman–Crippen MR) is 84.8 cm³/mol. The Morgan fingerprint density at radius 2 is 1.74 bits per heavy atom. The second-order valence-corrected chi connectivity index (χ2v) is 6.23. The van der Waals surface area contributed by atoms with Gasteiger partial charge in [-0.05, 0) is 26.3 Å². The van der Waals surface area contributed by atoms with Crippen molar-refractivity contribution in [2.45, 2.75) is 51.7 Å². The first-order valence-electron chi connectivity index (χ1n) is 7.45. The van der Waals surface area contributed by atoms with Gasteiger partial charge in [-0.2, -0.15) is 0 Å². The maximum atomic E-state index is 11.8. The summed E-state index contributed by atoms with van der Waals surface area (Å²) in [5.74, 6) is -2.08. The number of amides is 1. The van der Waals surface area contributed by atoms with Crippen molar-refractivity contribution < 1.29 is 24.2 Å². The van der Waals surface area contributed by atoms with Crippen LogP contribution < -0.4 is 5.32 Å². The van der Waals surface area contributed by atoms with E-state index in [4.69, 9.17) is 4.74 Å². The first kappa shape index (κ1) is 18.7. The van der Waals surface area contributed by atoms with Crippen LogP contribution in [0.1, 0.15) is 39.2 Å². The number of ether oxygens (including phenoxy) is 1. The number of carboxylic acids is 1. The lowest BCUT2D eigenvalue weighted by atomic mass is 10.1. The summed E-state index contributed by atoms with van der Waals surface area (Å²) >= 11 is 0. The van der Waals surface area contributed by atoms with Crippen LogP contribution in [0, 0.1) is 0 Å². The van der Waals surface area contributed by atoms with Gasteiger partial charge in [0.05, 0.1) is 6.42 Å². The number of aliphatic carboxylic acids is 1. The third-order valence-electron chi connectivity index (χ3n) is 2.89. The van der Waals surface area contributed by atoms with Gasteiger partial charge in [0.25, 0.3) is 0 Å². The molecule has 0 aromatic heterocycles. The molecule has 2 N–H and O–H groups in total. The average Bonchev–Trinajstić information content (AvgIpc) is 2.43. The van der Waals surface area contributed by atoms with E-state index in [-0.39, 0.29) is 19.3 Å². The molecule has 1 amide bonds. The molecule has 0 radical (unpaired) electrons. The number of esters is 1. The molecule has 23 heavy (non-hydrogen) atoms. The minimum absolute atomic E-state index is 0.0826. The Morgan fingerprint density at radius 1 is 1.13 bits per heavy atom. The van der Waals surface area contributed by atoms with Gasteiger partial charge < -0.3 is 15.2 Å². The average molecular weight is 321 g/mol. The van der Waals surface area contributed by atoms with E-state index in [2.05, 4.69) is 5.32 Å². The van der Waals surface area contributed by atoms with Crippen LogP contribution in [0.2, 0.25) is 0 Å². The largest absolute Gasteiger partial charge is 0.480 e. The smallest absolute Gasteiger partial charge is 0.326 e. The molecule has 1 rings (SSSR count). The number of hydrogen-bond donors (Lipinski definition) is 2. The first-order valence-corrected chi connectivity index (χ1v) is 7.45. The highest BCUT2D eigenvalue weighted by molar-refractivity contribution is 5.86. The van der Waals surface area contributed by atoms with Crippen molar-refractivity contribution in [1.82, 2.24) is 5.32 Å². The highest BCUT2D eigenvalue weighted by Gasteiger charge is 2.22. The summed E-state index contributed by atoms with van der Waals surface area (Å²) in [5.41, 5.74) is 0.206. The summed E-state index contributed by atoms with van der Waals surface area (Å²) in [5, 5.41) is 11.6. The van der Waals surface area contributed by atoms with Crippen LogP contribution >= 0.6 is 0 Å². The van der Waals surface area contributed by atoms with Crippen molar-refractivity contribution in [1.29, 1.82) is 0 Å². The summed E-state index contributed by atoms with van der Waals surface area (Å²) < 4.78 is 5.10. The third-order valence-corrected chi connectivity index (χ3v) is 2.89. The van der Waals surface area contributed by atoms with Gasteiger partial charge in [0.15, 0.2) is 0 Å². The summed E-state index contributed by atoms with van der Waals surface area (Å²) in [4.78, 5) is 34.6. The Labute approximate surface area is 135 Å². The summed E-state index contributed by atoms with van der Waals surface area (Å²) in [6, 6.07) is 8.00. The Morgan fingerprint density at radius 3 is 2.26 bits per heavy atom. The van der Waals surface area contributed by atoms with E-state index < -0.39 is 29.5 Å². The van der Waals surface area contributed by atoms with E-state index in [0.717, 1.165) is 5.56 Å². The lowest BCUT2D eigenvalue weighted by Gasteiger charge is -2.19. The molecule has 0 aliphatic heterocycles. The molecule has 0 saturated heterocycles. The van der Waals surface area contributed by atoms with Crippen molar-refractivity contribution in [2.75, 3.05) is 0 Å². The highest BCUT2D eigenvalue weighted by atomic mass is 16.6. The van der Waals surface area contributed by atoms with Gasteiger partial charge in [-0.25, -0.2) is 4.79 Å². The second-order valence-electron chi connectivity index (χ2n) is 6.23. The molecular formula is C17H23NO5. The molecule has 1 aromatic carbocycles. The second kappa shape index (κ2) is 8.31. The van der Waals surface area contributed by atoms with Gasteiger partial charge in [0.1, 0.15) is 11.6 Å². The van der Waals surface area contributed by atoms with Crippen LogP contribution in [0.4, 0.5) is 0 Å². The van der Waals surface area contributed by atoms with Crippen molar-refractivity contribution in [3.05, 3.63) is 35.9 Å². The van der Waals surface area contributed by atoms with E-state index >= 15 is 0 Å². The quantitative estimate of drug-likeness (QED) is 0.749. The monoisotopic (exact) mass is 321 g/mol. The molecular weight excluding hydrogens is 298 g/mol. The zero-order valence-corrected chi connectivity index (χ0v) is 13.7. The molecule has 1 aromatic rings. The summed E-state index contributed by atoms with van der Waals surface area (Å²) in [6.45, 7) is 5.22. The van der Waals surface area contributed by atoms with Crippen molar-refractivity contribution >= 4 is 17.8 Å². The molecule has 0 spiro atoms. The van der Waals surface area contributed by atoms with Gasteiger partial charge in [-0.3, -0.25) is 9.59 Å². The van der Waals surface area contributed by atoms with E-state index in [1.807, 2.05) is 6.07 Å². The van der Waals surface area contributed by atoms with Gasteiger partial charge in [0.2, 0.25) is 5.91 Å². The fourth-order valence-electron chi connectivity index (χ4n) is 1.92. The molecule has 0 heterocycles. The molecule has 0 fully saturated rings. The Kier molecular flexibility index (Phi) is 6.75. The minimum Gasteiger partial charge on any atom is -0.480 e. The maximum absolute atomic E-state index is 11.8. The zero-order valence-electron chi connectivity index (χ0n) is 13.7. The normalized spacial score (nSPS) is 12.3. The molecule has 1 unspecified atom stereocenters. The molecule has 6 nitrogen and oxygen atoms in total. The third kappa shape index (κ3) is 7.99. The number of carbonyl (C=O) groups is 3. The van der Waals surface area contributed by atoms with Crippen LogP contribution in [-0.4, -0.2) is 34.6 Å². The number of rotatable bonds is 7. The molecule has 6 heteroatoms. The highest BCUT2D eigenvalue weighted by Crippen LogP contribution is 2.09. The van der Waals surface area contributed by atoms with Gasteiger partial charge >= 0.3 is 11.9 Å². The van der Waals surface area contributed by atoms with Crippen molar-refractivity contribution in [3.63, 3.8) is 0 Å². The molecule has 0 aliphatic rings. The van der Waals surface area contributed by atoms with Gasteiger partial charge in [-0.15, -0.1) is 0 Å². The molecule has 0 bridgehead atoms. The van der Waals surface area contributed by atoms with Crippen LogP contribution in [0.15, 0.2) is 30.3 Å². The predicted octanol–water partition coefficient (Wildman–Crippen LogP) is 1.92. The number of carbonyl (C=O) groups excluding carboxylic acids is 2. The Bertz CT molecular complexity index is 548. The first-order chi connectivity index (χ1) is 10.7. The molecule has 126 valence electrons. The zero-order chi connectivity index (χ0) is 17.5. The minimum atomic E-state index is -1.11. The maximum Gasteiger partial charge on any atom is 0.326 e. The van der Waals surface area contributed by atoms with Crippen LogP contribution in [-0.2, 0) is 25.5 Å².